The van der Waals surface area contributed by atoms with Crippen LogP contribution in [0.2, 0.25) is 5.02 Å². The maximum Gasteiger partial charge on any atom is 0.242 e. The molecule has 0 atom stereocenters. The zero-order chi connectivity index (χ0) is 27.9. The first-order valence-electron chi connectivity index (χ1n) is 12.0. The second kappa shape index (κ2) is 10.3. The minimum Gasteiger partial charge on any atom is -0.503 e. The van der Waals surface area contributed by atoms with Gasteiger partial charge in [-0.3, -0.25) is 9.36 Å². The second-order valence-electron chi connectivity index (χ2n) is 8.86. The molecule has 2 aromatic heterocycles. The number of carbonyl (C=O) groups is 1. The number of hydrogen-bond donors (Lipinski definition) is 2. The molecule has 0 unspecified atom stereocenters. The Labute approximate surface area is 234 Å². The largest absolute Gasteiger partial charge is 0.503 e. The van der Waals surface area contributed by atoms with Gasteiger partial charge in [-0.1, -0.05) is 84.0 Å². The molecule has 0 aliphatic heterocycles. The number of aromatic nitrogens is 2. The van der Waals surface area contributed by atoms with Crippen LogP contribution in [0.4, 0.5) is 0 Å². The van der Waals surface area contributed by atoms with Gasteiger partial charge in [0.15, 0.2) is 16.7 Å². The Morgan fingerprint density at radius 2 is 1.77 bits per heavy atom. The highest BCUT2D eigenvalue weighted by Crippen LogP contribution is 2.45. The van der Waals surface area contributed by atoms with Gasteiger partial charge < -0.3 is 10.2 Å². The van der Waals surface area contributed by atoms with E-state index < -0.39 is 27.2 Å². The number of benzene rings is 3. The Hall–Kier alpha value is -3.92. The van der Waals surface area contributed by atoms with E-state index >= 15 is 0 Å². The van der Waals surface area contributed by atoms with Crippen molar-refractivity contribution in [3.05, 3.63) is 106 Å². The van der Waals surface area contributed by atoms with Crippen molar-refractivity contribution < 1.29 is 23.4 Å². The molecule has 0 aliphatic rings. The van der Waals surface area contributed by atoms with Crippen molar-refractivity contribution in [2.75, 3.05) is 0 Å². The van der Waals surface area contributed by atoms with Crippen LogP contribution in [0, 0.1) is 6.92 Å². The number of rotatable bonds is 7. The average Bonchev–Trinajstić information content (AvgIpc) is 3.52. The van der Waals surface area contributed by atoms with Gasteiger partial charge in [-0.2, -0.15) is 0 Å². The fraction of sp³-hybridized carbons (Fsp3) is 0.103. The van der Waals surface area contributed by atoms with Gasteiger partial charge in [0, 0.05) is 16.1 Å². The van der Waals surface area contributed by atoms with Gasteiger partial charge in [0.2, 0.25) is 15.7 Å². The number of carbonyl (C=O) groups excluding carboxylic acids is 1. The molecule has 2 N–H and O–H groups in total. The first-order valence-corrected chi connectivity index (χ1v) is 14.6. The molecule has 0 saturated carbocycles. The number of aromatic hydroxyl groups is 2. The van der Waals surface area contributed by atoms with Crippen LogP contribution in [0.3, 0.4) is 0 Å². The third-order valence-corrected chi connectivity index (χ3v) is 9.76. The van der Waals surface area contributed by atoms with Crippen molar-refractivity contribution in [3.63, 3.8) is 0 Å². The van der Waals surface area contributed by atoms with Crippen LogP contribution in [-0.4, -0.2) is 34.0 Å². The lowest BCUT2D eigenvalue weighted by atomic mass is 9.93. The summed E-state index contributed by atoms with van der Waals surface area (Å²) < 4.78 is 27.5. The van der Waals surface area contributed by atoms with Gasteiger partial charge in [0.25, 0.3) is 0 Å². The van der Waals surface area contributed by atoms with Crippen molar-refractivity contribution >= 4 is 38.6 Å². The lowest BCUT2D eigenvalue weighted by Gasteiger charge is -2.12. The minimum absolute atomic E-state index is 0.0472. The van der Waals surface area contributed by atoms with E-state index in [1.807, 2.05) is 19.9 Å². The number of aryl methyl sites for hydroxylation is 2. The fourth-order valence-electron chi connectivity index (χ4n) is 4.42. The molecule has 0 bridgehead atoms. The average molecular weight is 579 g/mol. The predicted octanol–water partition coefficient (Wildman–Crippen LogP) is 6.60. The fourth-order valence-corrected chi connectivity index (χ4v) is 7.16. The molecule has 5 aromatic rings. The molecular formula is C29H23ClN2O5S2. The molecule has 10 heteroatoms. The van der Waals surface area contributed by atoms with Crippen LogP contribution in [0.25, 0.3) is 16.4 Å². The topological polar surface area (TPSA) is 109 Å². The molecule has 39 heavy (non-hydrogen) atoms. The number of hydrogen-bond acceptors (Lipinski definition) is 7. The zero-order valence-electron chi connectivity index (χ0n) is 20.9. The molecule has 198 valence electrons. The summed E-state index contributed by atoms with van der Waals surface area (Å²) in [5.74, 6) is -1.78. The molecule has 0 amide bonds. The van der Waals surface area contributed by atoms with Gasteiger partial charge in [-0.25, -0.2) is 13.4 Å². The highest BCUT2D eigenvalue weighted by molar-refractivity contribution is 7.93. The first-order chi connectivity index (χ1) is 18.6. The Bertz CT molecular complexity index is 1830. The monoisotopic (exact) mass is 578 g/mol. The number of halogens is 1. The summed E-state index contributed by atoms with van der Waals surface area (Å²) >= 11 is 7.08. The third kappa shape index (κ3) is 4.73. The Morgan fingerprint density at radius 3 is 2.46 bits per heavy atom. The lowest BCUT2D eigenvalue weighted by molar-refractivity contribution is 0.103. The number of sulfone groups is 1. The maximum absolute atomic E-state index is 14.0. The molecule has 5 rings (SSSR count). The Morgan fingerprint density at radius 1 is 1.03 bits per heavy atom. The van der Waals surface area contributed by atoms with Gasteiger partial charge in [0.05, 0.1) is 22.3 Å². The van der Waals surface area contributed by atoms with Crippen LogP contribution in [0.5, 0.6) is 11.6 Å². The number of ketones is 1. The van der Waals surface area contributed by atoms with E-state index in [-0.39, 0.29) is 25.5 Å². The number of thiazole rings is 1. The summed E-state index contributed by atoms with van der Waals surface area (Å²) in [5.41, 5.74) is 2.57. The summed E-state index contributed by atoms with van der Waals surface area (Å²) in [6.07, 6.45) is 1.77. The zero-order valence-corrected chi connectivity index (χ0v) is 23.3. The SMILES string of the molecule is CCc1cc(C)ccc1C(=O)c1c(O)c(O)n(-c2ncc(S(=O)(=O)c3ccccc3)s2)c1-c1cccc(Cl)c1. The molecule has 0 spiro atoms. The highest BCUT2D eigenvalue weighted by atomic mass is 35.5. The molecule has 0 aliphatic carbocycles. The van der Waals surface area contributed by atoms with E-state index in [0.29, 0.717) is 22.6 Å². The molecule has 0 fully saturated rings. The Balaban J connectivity index is 1.75. The molecule has 3 aromatic carbocycles. The van der Waals surface area contributed by atoms with E-state index in [9.17, 15) is 23.4 Å². The standard InChI is InChI=1S/C29H23ClN2O5S2/c1-3-18-14-17(2)12-13-22(18)26(33)24-25(19-8-7-9-20(30)15-19)32(28(35)27(24)34)29-31-16-23(38-29)39(36,37)21-10-5-4-6-11-21/h4-16,34-35H,3H2,1-2H3. The van der Waals surface area contributed by atoms with E-state index in [2.05, 4.69) is 4.98 Å². The maximum atomic E-state index is 14.0. The molecular weight excluding hydrogens is 556 g/mol. The molecule has 0 saturated heterocycles. The van der Waals surface area contributed by atoms with E-state index in [4.69, 9.17) is 11.6 Å². The van der Waals surface area contributed by atoms with Crippen LogP contribution < -0.4 is 0 Å². The quantitative estimate of drug-likeness (QED) is 0.211. The normalized spacial score (nSPS) is 11.6. The van der Waals surface area contributed by atoms with Crippen molar-refractivity contribution in [1.29, 1.82) is 0 Å². The highest BCUT2D eigenvalue weighted by Gasteiger charge is 2.32. The van der Waals surface area contributed by atoms with E-state index in [1.54, 1.807) is 54.6 Å². The summed E-state index contributed by atoms with van der Waals surface area (Å²) in [4.78, 5) is 18.3. The predicted molar refractivity (Wildman–Crippen MR) is 151 cm³/mol. The van der Waals surface area contributed by atoms with Crippen LogP contribution in [0.1, 0.15) is 34.0 Å². The van der Waals surface area contributed by atoms with Crippen molar-refractivity contribution in [2.45, 2.75) is 29.4 Å². The van der Waals surface area contributed by atoms with Gasteiger partial charge in [-0.05, 0) is 43.2 Å². The van der Waals surface area contributed by atoms with Gasteiger partial charge >= 0.3 is 0 Å². The van der Waals surface area contributed by atoms with Gasteiger partial charge in [0.1, 0.15) is 4.21 Å². The summed E-state index contributed by atoms with van der Waals surface area (Å²) in [6, 6.07) is 19.9. The molecule has 0 radical (unpaired) electrons. The third-order valence-electron chi connectivity index (χ3n) is 6.31. The second-order valence-corrected chi connectivity index (χ2v) is 12.5. The van der Waals surface area contributed by atoms with Crippen LogP contribution >= 0.6 is 22.9 Å². The van der Waals surface area contributed by atoms with Crippen LogP contribution in [-0.2, 0) is 16.3 Å². The van der Waals surface area contributed by atoms with Crippen molar-refractivity contribution in [3.8, 4) is 28.0 Å². The molecule has 7 nitrogen and oxygen atoms in total. The van der Waals surface area contributed by atoms with Crippen LogP contribution in [0.15, 0.2) is 88.1 Å². The summed E-state index contributed by atoms with van der Waals surface area (Å²) in [6.45, 7) is 3.85. The molecule has 2 heterocycles. The van der Waals surface area contributed by atoms with Gasteiger partial charge in [-0.15, -0.1) is 0 Å². The number of nitrogens with zero attached hydrogens (tertiary/aromatic N) is 2. The smallest absolute Gasteiger partial charge is 0.242 e. The van der Waals surface area contributed by atoms with Crippen molar-refractivity contribution in [2.24, 2.45) is 0 Å². The Kier molecular flexibility index (Phi) is 7.07. The summed E-state index contributed by atoms with van der Waals surface area (Å²) in [5, 5.41) is 22.7. The minimum atomic E-state index is -3.89. The first kappa shape index (κ1) is 26.7. The van der Waals surface area contributed by atoms with E-state index in [0.717, 1.165) is 22.5 Å². The van der Waals surface area contributed by atoms with Crippen molar-refractivity contribution in [1.82, 2.24) is 9.55 Å². The summed E-state index contributed by atoms with van der Waals surface area (Å²) in [7, 11) is -3.89. The van der Waals surface area contributed by atoms with E-state index in [1.165, 1.54) is 22.9 Å². The lowest BCUT2D eigenvalue weighted by Crippen LogP contribution is -2.08.